The number of nitrogen functional groups attached to an aromatic ring is 1. The van der Waals surface area contributed by atoms with Gasteiger partial charge in [-0.2, -0.15) is 0 Å². The minimum atomic E-state index is -0.714. The Morgan fingerprint density at radius 3 is 2.62 bits per heavy atom. The van der Waals surface area contributed by atoms with E-state index in [0.717, 1.165) is 0 Å². The molecule has 0 heterocycles. The molecular formula is C8H8FIN2O. The van der Waals surface area contributed by atoms with Crippen LogP contribution in [0.1, 0.15) is 15.9 Å². The summed E-state index contributed by atoms with van der Waals surface area (Å²) in [5, 5.41) is 0. The van der Waals surface area contributed by atoms with E-state index in [-0.39, 0.29) is 11.3 Å². The summed E-state index contributed by atoms with van der Waals surface area (Å²) in [5.74, 6) is -1.28. The van der Waals surface area contributed by atoms with Crippen LogP contribution in [0.4, 0.5) is 10.1 Å². The van der Waals surface area contributed by atoms with Gasteiger partial charge in [-0.15, -0.1) is 0 Å². The number of halogens is 2. The molecule has 1 aromatic carbocycles. The summed E-state index contributed by atoms with van der Waals surface area (Å²) in [5.41, 5.74) is 10.7. The van der Waals surface area contributed by atoms with Crippen molar-refractivity contribution in [1.82, 2.24) is 0 Å². The number of hydrogen-bond donors (Lipinski definition) is 2. The summed E-state index contributed by atoms with van der Waals surface area (Å²) in [4.78, 5) is 10.8. The van der Waals surface area contributed by atoms with Gasteiger partial charge in [0.1, 0.15) is 0 Å². The van der Waals surface area contributed by atoms with Crippen LogP contribution in [-0.2, 0) is 0 Å². The second kappa shape index (κ2) is 3.49. The van der Waals surface area contributed by atoms with Crippen LogP contribution >= 0.6 is 22.6 Å². The third-order valence-corrected chi connectivity index (χ3v) is 2.87. The van der Waals surface area contributed by atoms with Gasteiger partial charge in [0.25, 0.3) is 5.91 Å². The van der Waals surface area contributed by atoms with Gasteiger partial charge in [-0.25, -0.2) is 4.39 Å². The molecule has 0 saturated carbocycles. The number of carbonyl (C=O) groups excluding carboxylic acids is 1. The van der Waals surface area contributed by atoms with Crippen LogP contribution in [0.2, 0.25) is 0 Å². The minimum Gasteiger partial charge on any atom is -0.396 e. The maximum absolute atomic E-state index is 13.3. The molecule has 1 rings (SSSR count). The lowest BCUT2D eigenvalue weighted by molar-refractivity contribution is 0.100. The van der Waals surface area contributed by atoms with E-state index in [4.69, 9.17) is 11.5 Å². The Morgan fingerprint density at radius 2 is 2.15 bits per heavy atom. The van der Waals surface area contributed by atoms with Crippen molar-refractivity contribution in [3.05, 3.63) is 26.6 Å². The Hall–Kier alpha value is -0.850. The molecule has 0 aliphatic carbocycles. The van der Waals surface area contributed by atoms with Crippen LogP contribution < -0.4 is 11.5 Å². The Balaban J connectivity index is 3.50. The molecule has 0 atom stereocenters. The van der Waals surface area contributed by atoms with Gasteiger partial charge in [-0.3, -0.25) is 4.79 Å². The molecule has 0 fully saturated rings. The van der Waals surface area contributed by atoms with E-state index in [1.807, 2.05) is 22.6 Å². The first-order chi connectivity index (χ1) is 5.95. The van der Waals surface area contributed by atoms with Gasteiger partial charge in [0, 0.05) is 9.13 Å². The summed E-state index contributed by atoms with van der Waals surface area (Å²) in [6.45, 7) is 1.60. The molecule has 0 aliphatic rings. The van der Waals surface area contributed by atoms with Gasteiger partial charge in [0.2, 0.25) is 0 Å². The number of rotatable bonds is 1. The number of anilines is 1. The van der Waals surface area contributed by atoms with Crippen molar-refractivity contribution >= 4 is 34.2 Å². The number of amides is 1. The first kappa shape index (κ1) is 10.2. The molecule has 0 aliphatic heterocycles. The average Bonchev–Trinajstić information content (AvgIpc) is 2.07. The van der Waals surface area contributed by atoms with Crippen LogP contribution in [0.5, 0.6) is 0 Å². The third-order valence-electron chi connectivity index (χ3n) is 1.75. The number of carbonyl (C=O) groups is 1. The summed E-state index contributed by atoms with van der Waals surface area (Å²) in [7, 11) is 0. The maximum atomic E-state index is 13.3. The Kier molecular flexibility index (Phi) is 2.74. The summed E-state index contributed by atoms with van der Waals surface area (Å²) in [6.07, 6.45) is 0. The molecule has 0 radical (unpaired) electrons. The quantitative estimate of drug-likeness (QED) is 0.607. The predicted molar refractivity (Wildman–Crippen MR) is 56.8 cm³/mol. The summed E-state index contributed by atoms with van der Waals surface area (Å²) >= 11 is 1.92. The van der Waals surface area contributed by atoms with Crippen molar-refractivity contribution in [2.45, 2.75) is 6.92 Å². The molecule has 3 nitrogen and oxygen atoms in total. The van der Waals surface area contributed by atoms with Crippen molar-refractivity contribution in [2.24, 2.45) is 5.73 Å². The normalized spacial score (nSPS) is 10.1. The van der Waals surface area contributed by atoms with E-state index >= 15 is 0 Å². The van der Waals surface area contributed by atoms with Gasteiger partial charge in [-0.05, 0) is 35.6 Å². The smallest absolute Gasteiger partial charge is 0.250 e. The fourth-order valence-corrected chi connectivity index (χ4v) is 1.49. The SMILES string of the molecule is Cc1c(I)cc(C(N)=O)c(N)c1F. The lowest BCUT2D eigenvalue weighted by atomic mass is 10.1. The fraction of sp³-hybridized carbons (Fsp3) is 0.125. The number of benzene rings is 1. The molecule has 1 amide bonds. The average molecular weight is 294 g/mol. The second-order valence-corrected chi connectivity index (χ2v) is 3.79. The van der Waals surface area contributed by atoms with E-state index in [2.05, 4.69) is 0 Å². The highest BCUT2D eigenvalue weighted by Gasteiger charge is 2.14. The standard InChI is InChI=1S/C8H8FIN2O/c1-3-5(10)2-4(8(12)13)7(11)6(3)9/h2H,11H2,1H3,(H2,12,13). The molecule has 0 bridgehead atoms. The fourth-order valence-electron chi connectivity index (χ4n) is 0.942. The zero-order chi connectivity index (χ0) is 10.2. The van der Waals surface area contributed by atoms with Crippen molar-refractivity contribution in [3.63, 3.8) is 0 Å². The number of primary amides is 1. The van der Waals surface area contributed by atoms with Crippen LogP contribution in [-0.4, -0.2) is 5.91 Å². The second-order valence-electron chi connectivity index (χ2n) is 2.62. The lowest BCUT2D eigenvalue weighted by Crippen LogP contribution is -2.15. The minimum absolute atomic E-state index is 0.0347. The molecule has 0 unspecified atom stereocenters. The highest BCUT2D eigenvalue weighted by Crippen LogP contribution is 2.24. The Labute approximate surface area is 88.4 Å². The van der Waals surface area contributed by atoms with Crippen LogP contribution in [0.25, 0.3) is 0 Å². The van der Waals surface area contributed by atoms with E-state index in [9.17, 15) is 9.18 Å². The summed E-state index contributed by atoms with van der Waals surface area (Å²) in [6, 6.07) is 1.48. The molecule has 13 heavy (non-hydrogen) atoms. The van der Waals surface area contributed by atoms with Gasteiger partial charge >= 0.3 is 0 Å². The molecule has 0 spiro atoms. The lowest BCUT2D eigenvalue weighted by Gasteiger charge is -2.07. The first-order valence-corrected chi connectivity index (χ1v) is 4.57. The number of nitrogens with two attached hydrogens (primary N) is 2. The van der Waals surface area contributed by atoms with Crippen molar-refractivity contribution in [2.75, 3.05) is 5.73 Å². The topological polar surface area (TPSA) is 69.1 Å². The highest BCUT2D eigenvalue weighted by molar-refractivity contribution is 14.1. The largest absolute Gasteiger partial charge is 0.396 e. The van der Waals surface area contributed by atoms with Gasteiger partial charge in [-0.1, -0.05) is 0 Å². The van der Waals surface area contributed by atoms with E-state index < -0.39 is 11.7 Å². The van der Waals surface area contributed by atoms with E-state index in [1.165, 1.54) is 6.07 Å². The third kappa shape index (κ3) is 1.74. The van der Waals surface area contributed by atoms with Gasteiger partial charge in [0.05, 0.1) is 11.3 Å². The van der Waals surface area contributed by atoms with Gasteiger partial charge in [0.15, 0.2) is 5.82 Å². The first-order valence-electron chi connectivity index (χ1n) is 3.49. The highest BCUT2D eigenvalue weighted by atomic mass is 127. The molecule has 0 saturated heterocycles. The van der Waals surface area contributed by atoms with Crippen molar-refractivity contribution < 1.29 is 9.18 Å². The predicted octanol–water partition coefficient (Wildman–Crippen LogP) is 1.42. The van der Waals surface area contributed by atoms with Crippen LogP contribution in [0, 0.1) is 16.3 Å². The van der Waals surface area contributed by atoms with Crippen LogP contribution in [0.15, 0.2) is 6.07 Å². The maximum Gasteiger partial charge on any atom is 0.250 e. The zero-order valence-electron chi connectivity index (χ0n) is 6.90. The molecule has 4 N–H and O–H groups in total. The Morgan fingerprint density at radius 1 is 1.62 bits per heavy atom. The molecular weight excluding hydrogens is 286 g/mol. The van der Waals surface area contributed by atoms with E-state index in [0.29, 0.717) is 9.13 Å². The molecule has 70 valence electrons. The monoisotopic (exact) mass is 294 g/mol. The van der Waals surface area contributed by atoms with Crippen molar-refractivity contribution in [1.29, 1.82) is 0 Å². The molecule has 5 heteroatoms. The summed E-state index contributed by atoms with van der Waals surface area (Å²) < 4.78 is 13.9. The van der Waals surface area contributed by atoms with E-state index in [1.54, 1.807) is 6.92 Å². The van der Waals surface area contributed by atoms with Gasteiger partial charge < -0.3 is 11.5 Å². The molecule has 0 aromatic heterocycles. The molecule has 1 aromatic rings. The zero-order valence-corrected chi connectivity index (χ0v) is 9.05. The van der Waals surface area contributed by atoms with Crippen LogP contribution in [0.3, 0.4) is 0 Å². The van der Waals surface area contributed by atoms with Crippen molar-refractivity contribution in [3.8, 4) is 0 Å². The number of hydrogen-bond acceptors (Lipinski definition) is 2. The Bertz CT molecular complexity index is 379.